The summed E-state index contributed by atoms with van der Waals surface area (Å²) in [6.45, 7) is 0. The smallest absolute Gasteiger partial charge is 0.271 e. The second-order valence-electron chi connectivity index (χ2n) is 6.83. The number of nitrogens with one attached hydrogen (secondary N) is 3. The van der Waals surface area contributed by atoms with Gasteiger partial charge in [0.25, 0.3) is 17.5 Å². The van der Waals surface area contributed by atoms with Crippen molar-refractivity contribution in [2.75, 3.05) is 5.32 Å². The van der Waals surface area contributed by atoms with E-state index in [1.165, 1.54) is 24.3 Å². The van der Waals surface area contributed by atoms with Gasteiger partial charge in [-0.2, -0.15) is 5.10 Å². The minimum Gasteiger partial charge on any atom is -0.361 e. The highest BCUT2D eigenvalue weighted by atomic mass is 16.6. The molecule has 32 heavy (non-hydrogen) atoms. The number of para-hydroxylation sites is 1. The number of non-ortho nitro benzene ring substituents is 1. The van der Waals surface area contributed by atoms with Crippen molar-refractivity contribution in [3.05, 3.63) is 106 Å². The van der Waals surface area contributed by atoms with Crippen LogP contribution < -0.4 is 10.7 Å². The van der Waals surface area contributed by atoms with Crippen molar-refractivity contribution < 1.29 is 14.5 Å². The Kier molecular flexibility index (Phi) is 5.71. The van der Waals surface area contributed by atoms with Gasteiger partial charge >= 0.3 is 0 Å². The number of aromatic amines is 1. The highest BCUT2D eigenvalue weighted by Crippen LogP contribution is 2.17. The predicted molar refractivity (Wildman–Crippen MR) is 121 cm³/mol. The molecule has 0 atom stereocenters. The fraction of sp³-hybridized carbons (Fsp3) is 0. The molecule has 0 unspecified atom stereocenters. The molecule has 0 aliphatic carbocycles. The third-order valence-electron chi connectivity index (χ3n) is 4.72. The first-order chi connectivity index (χ1) is 15.5. The molecule has 0 aliphatic rings. The number of hydrazone groups is 1. The number of aromatic nitrogens is 1. The molecule has 0 aliphatic heterocycles. The molecule has 2 amide bonds. The topological polar surface area (TPSA) is 129 Å². The van der Waals surface area contributed by atoms with E-state index in [1.807, 2.05) is 24.3 Å². The van der Waals surface area contributed by atoms with E-state index in [0.717, 1.165) is 16.5 Å². The number of hydrogen-bond acceptors (Lipinski definition) is 5. The van der Waals surface area contributed by atoms with Crippen LogP contribution in [0.4, 0.5) is 11.4 Å². The molecule has 0 spiro atoms. The zero-order chi connectivity index (χ0) is 22.5. The largest absolute Gasteiger partial charge is 0.361 e. The molecule has 3 N–H and O–H groups in total. The number of fused-ring (bicyclic) bond motifs is 1. The van der Waals surface area contributed by atoms with Gasteiger partial charge < -0.3 is 10.3 Å². The lowest BCUT2D eigenvalue weighted by molar-refractivity contribution is -0.384. The Morgan fingerprint density at radius 2 is 1.72 bits per heavy atom. The Hall–Kier alpha value is -4.79. The molecule has 0 saturated carbocycles. The molecule has 0 bridgehead atoms. The summed E-state index contributed by atoms with van der Waals surface area (Å²) in [7, 11) is 0. The second-order valence-corrected chi connectivity index (χ2v) is 6.83. The fourth-order valence-corrected chi connectivity index (χ4v) is 3.09. The van der Waals surface area contributed by atoms with Crippen molar-refractivity contribution in [1.29, 1.82) is 0 Å². The van der Waals surface area contributed by atoms with Gasteiger partial charge in [-0.05, 0) is 36.4 Å². The summed E-state index contributed by atoms with van der Waals surface area (Å²) in [5, 5.41) is 18.5. The van der Waals surface area contributed by atoms with Crippen LogP contribution >= 0.6 is 0 Å². The van der Waals surface area contributed by atoms with Crippen LogP contribution in [0.15, 0.2) is 84.1 Å². The lowest BCUT2D eigenvalue weighted by Crippen LogP contribution is -2.17. The van der Waals surface area contributed by atoms with Gasteiger partial charge in [-0.15, -0.1) is 0 Å². The quantitative estimate of drug-likeness (QED) is 0.243. The zero-order valence-electron chi connectivity index (χ0n) is 16.6. The minimum absolute atomic E-state index is 0.160. The Labute approximate surface area is 181 Å². The molecule has 4 aromatic rings. The molecular weight excluding hydrogens is 410 g/mol. The third-order valence-corrected chi connectivity index (χ3v) is 4.72. The van der Waals surface area contributed by atoms with Gasteiger partial charge in [-0.1, -0.05) is 24.3 Å². The molecule has 1 aromatic heterocycles. The number of carbonyl (C=O) groups excluding carboxylic acids is 2. The van der Waals surface area contributed by atoms with Gasteiger partial charge in [0.15, 0.2) is 0 Å². The van der Waals surface area contributed by atoms with E-state index >= 15 is 0 Å². The Balaban J connectivity index is 1.37. The summed E-state index contributed by atoms with van der Waals surface area (Å²) in [5.41, 5.74) is 5.08. The SMILES string of the molecule is O=C(NN=Cc1c[nH]c2ccccc12)c1ccc(NC(=O)c2cccc([N+](=O)[O-])c2)cc1. The van der Waals surface area contributed by atoms with Crippen molar-refractivity contribution in [1.82, 2.24) is 10.4 Å². The summed E-state index contributed by atoms with van der Waals surface area (Å²) in [4.78, 5) is 38.1. The maximum absolute atomic E-state index is 12.3. The van der Waals surface area contributed by atoms with Gasteiger partial charge in [0, 0.05) is 51.6 Å². The molecule has 0 radical (unpaired) electrons. The molecule has 1 heterocycles. The first-order valence-electron chi connectivity index (χ1n) is 9.56. The summed E-state index contributed by atoms with van der Waals surface area (Å²) in [6.07, 6.45) is 3.36. The van der Waals surface area contributed by atoms with Crippen molar-refractivity contribution in [2.45, 2.75) is 0 Å². The summed E-state index contributed by atoms with van der Waals surface area (Å²) in [5.74, 6) is -0.896. The standard InChI is InChI=1S/C23H17N5O4/c29-22(16-4-3-5-19(12-16)28(31)32)26-18-10-8-15(9-11-18)23(30)27-25-14-17-13-24-21-7-2-1-6-20(17)21/h1-14,24H,(H,26,29)(H,27,30). The number of nitro benzene ring substituents is 1. The summed E-state index contributed by atoms with van der Waals surface area (Å²) >= 11 is 0. The molecule has 9 nitrogen and oxygen atoms in total. The molecular formula is C23H17N5O4. The number of anilines is 1. The number of benzene rings is 3. The van der Waals surface area contributed by atoms with E-state index < -0.39 is 16.7 Å². The van der Waals surface area contributed by atoms with Crippen LogP contribution in [-0.4, -0.2) is 27.9 Å². The van der Waals surface area contributed by atoms with E-state index in [0.29, 0.717) is 11.3 Å². The van der Waals surface area contributed by atoms with Crippen LogP contribution in [0.3, 0.4) is 0 Å². The lowest BCUT2D eigenvalue weighted by Gasteiger charge is -2.06. The zero-order valence-corrected chi connectivity index (χ0v) is 16.6. The maximum atomic E-state index is 12.3. The first-order valence-corrected chi connectivity index (χ1v) is 9.56. The average Bonchev–Trinajstić information content (AvgIpc) is 3.22. The second kappa shape index (κ2) is 8.92. The average molecular weight is 427 g/mol. The summed E-state index contributed by atoms with van der Waals surface area (Å²) < 4.78 is 0. The number of hydrogen-bond donors (Lipinski definition) is 3. The van der Waals surface area contributed by atoms with E-state index in [9.17, 15) is 19.7 Å². The van der Waals surface area contributed by atoms with Crippen LogP contribution in [0.1, 0.15) is 26.3 Å². The first kappa shape index (κ1) is 20.5. The van der Waals surface area contributed by atoms with E-state index in [4.69, 9.17) is 0 Å². The number of rotatable bonds is 6. The molecule has 3 aromatic carbocycles. The summed E-state index contributed by atoms with van der Waals surface area (Å²) in [6, 6.07) is 19.4. The van der Waals surface area contributed by atoms with Gasteiger partial charge in [-0.3, -0.25) is 19.7 Å². The highest BCUT2D eigenvalue weighted by Gasteiger charge is 2.12. The van der Waals surface area contributed by atoms with Crippen LogP contribution in [0.2, 0.25) is 0 Å². The number of nitrogens with zero attached hydrogens (tertiary/aromatic N) is 2. The predicted octanol–water partition coefficient (Wildman–Crippen LogP) is 4.09. The molecule has 9 heteroatoms. The van der Waals surface area contributed by atoms with Crippen LogP contribution in [0.25, 0.3) is 10.9 Å². The van der Waals surface area contributed by atoms with E-state index in [2.05, 4.69) is 20.8 Å². The van der Waals surface area contributed by atoms with Gasteiger partial charge in [0.05, 0.1) is 11.1 Å². The van der Waals surface area contributed by atoms with Gasteiger partial charge in [0.2, 0.25) is 0 Å². The maximum Gasteiger partial charge on any atom is 0.271 e. The third kappa shape index (κ3) is 4.51. The lowest BCUT2D eigenvalue weighted by atomic mass is 10.1. The number of carbonyl (C=O) groups is 2. The Morgan fingerprint density at radius 1 is 0.938 bits per heavy atom. The normalized spacial score (nSPS) is 10.9. The number of nitro groups is 1. The van der Waals surface area contributed by atoms with E-state index in [-0.39, 0.29) is 11.3 Å². The van der Waals surface area contributed by atoms with Gasteiger partial charge in [0.1, 0.15) is 0 Å². The molecule has 0 saturated heterocycles. The van der Waals surface area contributed by atoms with Crippen LogP contribution in [-0.2, 0) is 0 Å². The number of amides is 2. The van der Waals surface area contributed by atoms with Crippen LogP contribution in [0.5, 0.6) is 0 Å². The van der Waals surface area contributed by atoms with Crippen molar-refractivity contribution in [3.8, 4) is 0 Å². The fourth-order valence-electron chi connectivity index (χ4n) is 3.09. The Morgan fingerprint density at radius 3 is 2.50 bits per heavy atom. The van der Waals surface area contributed by atoms with Crippen molar-refractivity contribution >= 4 is 40.3 Å². The van der Waals surface area contributed by atoms with Gasteiger partial charge in [-0.25, -0.2) is 5.43 Å². The van der Waals surface area contributed by atoms with Crippen LogP contribution in [0, 0.1) is 10.1 Å². The Bertz CT molecular complexity index is 1340. The molecule has 158 valence electrons. The van der Waals surface area contributed by atoms with E-state index in [1.54, 1.807) is 36.7 Å². The van der Waals surface area contributed by atoms with Crippen molar-refractivity contribution in [2.24, 2.45) is 5.10 Å². The molecule has 0 fully saturated rings. The number of H-pyrrole nitrogens is 1. The minimum atomic E-state index is -0.564. The highest BCUT2D eigenvalue weighted by molar-refractivity contribution is 6.05. The van der Waals surface area contributed by atoms with Crippen molar-refractivity contribution in [3.63, 3.8) is 0 Å². The monoisotopic (exact) mass is 427 g/mol. The molecule has 4 rings (SSSR count).